The lowest BCUT2D eigenvalue weighted by atomic mass is 9.98. The summed E-state index contributed by atoms with van der Waals surface area (Å²) in [4.78, 5) is 15.2. The van der Waals surface area contributed by atoms with Crippen LogP contribution in [0.15, 0.2) is 42.5 Å². The van der Waals surface area contributed by atoms with Crippen LogP contribution in [0.5, 0.6) is 0 Å². The Morgan fingerprint density at radius 1 is 1.00 bits per heavy atom. The average Bonchev–Trinajstić information content (AvgIpc) is 2.82. The Morgan fingerprint density at radius 2 is 1.62 bits per heavy atom. The number of amides is 1. The van der Waals surface area contributed by atoms with E-state index in [1.54, 1.807) is 0 Å². The highest BCUT2D eigenvalue weighted by Crippen LogP contribution is 2.39. The van der Waals surface area contributed by atoms with Gasteiger partial charge in [0.25, 0.3) is 5.91 Å². The monoisotopic (exact) mass is 343 g/mol. The Morgan fingerprint density at radius 3 is 2.29 bits per heavy atom. The van der Waals surface area contributed by atoms with E-state index in [2.05, 4.69) is 0 Å². The topological polar surface area (TPSA) is 54.5 Å². The number of carbonyl (C=O) groups is 1. The predicted octanol–water partition coefficient (Wildman–Crippen LogP) is 3.02. The second kappa shape index (κ2) is 5.59. The summed E-state index contributed by atoms with van der Waals surface area (Å²) < 4.78 is 23.8. The maximum Gasteiger partial charge on any atom is 0.254 e. The fourth-order valence-corrected chi connectivity index (χ4v) is 5.50. The first-order valence-electron chi connectivity index (χ1n) is 8.44. The molecule has 2 unspecified atom stereocenters. The van der Waals surface area contributed by atoms with E-state index in [4.69, 9.17) is 0 Å². The van der Waals surface area contributed by atoms with E-state index in [1.165, 1.54) is 6.26 Å². The number of rotatable bonds is 2. The lowest BCUT2D eigenvalue weighted by molar-refractivity contribution is 0.0600. The van der Waals surface area contributed by atoms with Gasteiger partial charge in [-0.25, -0.2) is 8.42 Å². The molecular formula is C19H21NO3S. The standard InChI is InChI=1S/C19H21NO3S/c1-24(22,23)16-11-14-9-10-15(12-16)20(14)19(21)18-8-4-6-13-5-2-3-7-17(13)18/h2-8,14-16H,9-12H2,1H3. The molecule has 0 aliphatic carbocycles. The molecule has 4 rings (SSSR count). The van der Waals surface area contributed by atoms with Crippen LogP contribution in [-0.4, -0.2) is 42.8 Å². The van der Waals surface area contributed by atoms with Crippen molar-refractivity contribution in [2.75, 3.05) is 6.26 Å². The van der Waals surface area contributed by atoms with E-state index in [0.29, 0.717) is 12.8 Å². The van der Waals surface area contributed by atoms with Gasteiger partial charge in [0.2, 0.25) is 0 Å². The summed E-state index contributed by atoms with van der Waals surface area (Å²) in [7, 11) is -3.04. The minimum atomic E-state index is -3.04. The van der Waals surface area contributed by atoms with Gasteiger partial charge in [-0.1, -0.05) is 36.4 Å². The van der Waals surface area contributed by atoms with Gasteiger partial charge < -0.3 is 4.90 Å². The highest BCUT2D eigenvalue weighted by atomic mass is 32.2. The van der Waals surface area contributed by atoms with E-state index in [-0.39, 0.29) is 23.2 Å². The molecule has 2 fully saturated rings. The third-order valence-electron chi connectivity index (χ3n) is 5.55. The van der Waals surface area contributed by atoms with Crippen LogP contribution in [0, 0.1) is 0 Å². The van der Waals surface area contributed by atoms with Crippen molar-refractivity contribution >= 4 is 26.5 Å². The van der Waals surface area contributed by atoms with Gasteiger partial charge in [0, 0.05) is 23.9 Å². The molecule has 2 saturated heterocycles. The number of sulfone groups is 1. The van der Waals surface area contributed by atoms with Gasteiger partial charge in [0.15, 0.2) is 0 Å². The quantitative estimate of drug-likeness (QED) is 0.842. The van der Waals surface area contributed by atoms with Crippen LogP contribution in [0.2, 0.25) is 0 Å². The van der Waals surface area contributed by atoms with Gasteiger partial charge in [-0.05, 0) is 42.5 Å². The fraction of sp³-hybridized carbons (Fsp3) is 0.421. The minimum absolute atomic E-state index is 0.0475. The summed E-state index contributed by atoms with van der Waals surface area (Å²) in [6, 6.07) is 13.8. The summed E-state index contributed by atoms with van der Waals surface area (Å²) in [5, 5.41) is 1.72. The Labute approximate surface area is 142 Å². The Hall–Kier alpha value is -1.88. The van der Waals surface area contributed by atoms with Crippen LogP contribution in [0.1, 0.15) is 36.0 Å². The zero-order chi connectivity index (χ0) is 16.9. The van der Waals surface area contributed by atoms with Crippen LogP contribution in [0.4, 0.5) is 0 Å². The van der Waals surface area contributed by atoms with Gasteiger partial charge in [-0.15, -0.1) is 0 Å². The van der Waals surface area contributed by atoms with Crippen molar-refractivity contribution < 1.29 is 13.2 Å². The van der Waals surface area contributed by atoms with Crippen LogP contribution < -0.4 is 0 Å². The van der Waals surface area contributed by atoms with Crippen molar-refractivity contribution in [3.05, 3.63) is 48.0 Å². The van der Waals surface area contributed by atoms with Gasteiger partial charge in [0.1, 0.15) is 9.84 Å². The molecule has 2 aromatic rings. The zero-order valence-corrected chi connectivity index (χ0v) is 14.5. The molecule has 0 spiro atoms. The smallest absolute Gasteiger partial charge is 0.254 e. The molecule has 4 nitrogen and oxygen atoms in total. The molecule has 2 aliphatic rings. The lowest BCUT2D eigenvalue weighted by Crippen LogP contribution is -2.49. The molecule has 2 heterocycles. The van der Waals surface area contributed by atoms with Gasteiger partial charge in [-0.2, -0.15) is 0 Å². The predicted molar refractivity (Wildman–Crippen MR) is 94.8 cm³/mol. The zero-order valence-electron chi connectivity index (χ0n) is 13.7. The molecule has 0 N–H and O–H groups in total. The number of piperidine rings is 1. The van der Waals surface area contributed by atoms with Crippen LogP contribution in [0.25, 0.3) is 10.8 Å². The SMILES string of the molecule is CS(=O)(=O)C1CC2CCC(C1)N2C(=O)c1cccc2ccccc12. The van der Waals surface area contributed by atoms with Crippen LogP contribution in [-0.2, 0) is 9.84 Å². The maximum atomic E-state index is 13.2. The summed E-state index contributed by atoms with van der Waals surface area (Å²) in [6.45, 7) is 0. The van der Waals surface area contributed by atoms with Gasteiger partial charge in [-0.3, -0.25) is 4.79 Å². The van der Waals surface area contributed by atoms with Crippen LogP contribution >= 0.6 is 0 Å². The molecule has 1 amide bonds. The number of fused-ring (bicyclic) bond motifs is 3. The van der Waals surface area contributed by atoms with E-state index in [9.17, 15) is 13.2 Å². The molecule has 2 bridgehead atoms. The normalized spacial score (nSPS) is 26.7. The Kier molecular flexibility index (Phi) is 3.64. The maximum absolute atomic E-state index is 13.2. The second-order valence-corrected chi connectivity index (χ2v) is 9.37. The van der Waals surface area contributed by atoms with Crippen LogP contribution in [0.3, 0.4) is 0 Å². The van der Waals surface area contributed by atoms with Crippen molar-refractivity contribution in [2.45, 2.75) is 43.0 Å². The molecule has 5 heteroatoms. The average molecular weight is 343 g/mol. The molecule has 0 radical (unpaired) electrons. The Balaban J connectivity index is 1.69. The van der Waals surface area contributed by atoms with E-state index in [1.807, 2.05) is 47.4 Å². The minimum Gasteiger partial charge on any atom is -0.333 e. The first-order valence-corrected chi connectivity index (χ1v) is 10.4. The van der Waals surface area contributed by atoms with Gasteiger partial charge in [0.05, 0.1) is 5.25 Å². The third kappa shape index (κ3) is 2.51. The highest BCUT2D eigenvalue weighted by Gasteiger charge is 2.46. The molecular weight excluding hydrogens is 322 g/mol. The van der Waals surface area contributed by atoms with Gasteiger partial charge >= 0.3 is 0 Å². The van der Waals surface area contributed by atoms with Crippen molar-refractivity contribution in [1.82, 2.24) is 4.90 Å². The summed E-state index contributed by atoms with van der Waals surface area (Å²) in [5.74, 6) is 0.0475. The fourth-order valence-electron chi connectivity index (χ4n) is 4.36. The van der Waals surface area contributed by atoms with Crippen molar-refractivity contribution in [2.24, 2.45) is 0 Å². The summed E-state index contributed by atoms with van der Waals surface area (Å²) >= 11 is 0. The van der Waals surface area contributed by atoms with E-state index >= 15 is 0 Å². The highest BCUT2D eigenvalue weighted by molar-refractivity contribution is 7.91. The number of hydrogen-bond acceptors (Lipinski definition) is 3. The molecule has 24 heavy (non-hydrogen) atoms. The first kappa shape index (κ1) is 15.6. The summed E-state index contributed by atoms with van der Waals surface area (Å²) in [6.07, 6.45) is 4.29. The first-order chi connectivity index (χ1) is 11.4. The van der Waals surface area contributed by atoms with Crippen molar-refractivity contribution in [3.63, 3.8) is 0 Å². The number of benzene rings is 2. The molecule has 0 aromatic heterocycles. The third-order valence-corrected chi connectivity index (χ3v) is 7.15. The lowest BCUT2D eigenvalue weighted by Gasteiger charge is -2.38. The summed E-state index contributed by atoms with van der Waals surface area (Å²) in [5.41, 5.74) is 0.725. The van der Waals surface area contributed by atoms with Crippen molar-refractivity contribution in [3.8, 4) is 0 Å². The molecule has 2 atom stereocenters. The largest absolute Gasteiger partial charge is 0.333 e. The molecule has 126 valence electrons. The second-order valence-electron chi connectivity index (χ2n) is 7.05. The van der Waals surface area contributed by atoms with E-state index in [0.717, 1.165) is 29.2 Å². The number of hydrogen-bond donors (Lipinski definition) is 0. The molecule has 2 aliphatic heterocycles. The Bertz CT molecular complexity index is 886. The van der Waals surface area contributed by atoms with Crippen molar-refractivity contribution in [1.29, 1.82) is 0 Å². The molecule has 0 saturated carbocycles. The molecule has 2 aromatic carbocycles. The number of carbonyl (C=O) groups excluding carboxylic acids is 1. The number of nitrogens with zero attached hydrogens (tertiary/aromatic N) is 1. The van der Waals surface area contributed by atoms with E-state index < -0.39 is 9.84 Å².